The Morgan fingerprint density at radius 2 is 1.89 bits per heavy atom. The number of carbonyl (C=O) groups excluding carboxylic acids is 1. The lowest BCUT2D eigenvalue weighted by Gasteiger charge is -2.24. The number of methoxy groups -OCH3 is 2. The number of hydrogen-bond acceptors (Lipinski definition) is 5. The summed E-state index contributed by atoms with van der Waals surface area (Å²) >= 11 is 10.5. The maximum Gasteiger partial charge on any atom is 0.241 e. The summed E-state index contributed by atoms with van der Waals surface area (Å²) in [5.74, 6) is 2.33. The average Bonchev–Trinajstić information content (AvgIpc) is 2.94. The molecule has 1 saturated carbocycles. The van der Waals surface area contributed by atoms with Gasteiger partial charge in [0.15, 0.2) is 0 Å². The SMILES string of the molecule is COc1cc(OC)c(C[C@H]2SC(=S)N(CCC3CCCCC3)C2=O)cc1Br. The van der Waals surface area contributed by atoms with Gasteiger partial charge in [-0.15, -0.1) is 0 Å². The van der Waals surface area contributed by atoms with E-state index < -0.39 is 0 Å². The summed E-state index contributed by atoms with van der Waals surface area (Å²) in [4.78, 5) is 14.8. The van der Waals surface area contributed by atoms with Gasteiger partial charge < -0.3 is 9.47 Å². The van der Waals surface area contributed by atoms with Gasteiger partial charge in [0.05, 0.1) is 23.9 Å². The largest absolute Gasteiger partial charge is 0.496 e. The highest BCUT2D eigenvalue weighted by Gasteiger charge is 2.37. The van der Waals surface area contributed by atoms with Crippen molar-refractivity contribution in [1.29, 1.82) is 0 Å². The van der Waals surface area contributed by atoms with Gasteiger partial charge in [-0.3, -0.25) is 9.69 Å². The van der Waals surface area contributed by atoms with E-state index in [-0.39, 0.29) is 11.2 Å². The molecule has 1 aromatic carbocycles. The second-order valence-corrected chi connectivity index (χ2v) is 9.85. The quantitative estimate of drug-likeness (QED) is 0.510. The van der Waals surface area contributed by atoms with Gasteiger partial charge in [-0.2, -0.15) is 0 Å². The molecule has 27 heavy (non-hydrogen) atoms. The highest BCUT2D eigenvalue weighted by molar-refractivity contribution is 9.10. The Hall–Kier alpha value is -0.790. The molecule has 2 aliphatic rings. The Labute approximate surface area is 179 Å². The summed E-state index contributed by atoms with van der Waals surface area (Å²) in [5, 5.41) is -0.182. The van der Waals surface area contributed by atoms with Crippen molar-refractivity contribution in [2.75, 3.05) is 20.8 Å². The molecule has 148 valence electrons. The molecule has 1 saturated heterocycles. The lowest BCUT2D eigenvalue weighted by Crippen LogP contribution is -2.34. The zero-order valence-electron chi connectivity index (χ0n) is 15.8. The average molecular weight is 472 g/mol. The minimum Gasteiger partial charge on any atom is -0.496 e. The van der Waals surface area contributed by atoms with Crippen LogP contribution in [0, 0.1) is 5.92 Å². The highest BCUT2D eigenvalue weighted by Crippen LogP contribution is 2.37. The van der Waals surface area contributed by atoms with Crippen molar-refractivity contribution in [3.63, 3.8) is 0 Å². The summed E-state index contributed by atoms with van der Waals surface area (Å²) in [6.07, 6.45) is 8.25. The number of halogens is 1. The third kappa shape index (κ3) is 4.98. The third-order valence-electron chi connectivity index (χ3n) is 5.45. The van der Waals surface area contributed by atoms with Crippen molar-refractivity contribution in [3.05, 3.63) is 22.2 Å². The number of hydrogen-bond donors (Lipinski definition) is 0. The van der Waals surface area contributed by atoms with E-state index in [2.05, 4.69) is 15.9 Å². The first-order chi connectivity index (χ1) is 13.0. The van der Waals surface area contributed by atoms with Gasteiger partial charge in [-0.05, 0) is 46.3 Å². The smallest absolute Gasteiger partial charge is 0.241 e. The first-order valence-corrected chi connectivity index (χ1v) is 11.5. The van der Waals surface area contributed by atoms with Crippen LogP contribution in [0.3, 0.4) is 0 Å². The summed E-state index contributed by atoms with van der Waals surface area (Å²) in [7, 11) is 3.26. The van der Waals surface area contributed by atoms with Crippen LogP contribution in [0.15, 0.2) is 16.6 Å². The van der Waals surface area contributed by atoms with E-state index in [4.69, 9.17) is 21.7 Å². The number of rotatable bonds is 7. The number of thiocarbonyl (C=S) groups is 1. The van der Waals surface area contributed by atoms with Crippen molar-refractivity contribution in [2.45, 2.75) is 50.2 Å². The fourth-order valence-corrected chi connectivity index (χ4v) is 6.02. The fourth-order valence-electron chi connectivity index (χ4n) is 3.90. The minimum absolute atomic E-state index is 0.134. The summed E-state index contributed by atoms with van der Waals surface area (Å²) < 4.78 is 12.4. The number of nitrogens with zero attached hydrogens (tertiary/aromatic N) is 1. The molecule has 1 aliphatic heterocycles. The second-order valence-electron chi connectivity index (χ2n) is 7.16. The lowest BCUT2D eigenvalue weighted by molar-refractivity contribution is -0.126. The molecule has 0 bridgehead atoms. The molecule has 4 nitrogen and oxygen atoms in total. The van der Waals surface area contributed by atoms with Crippen molar-refractivity contribution in [3.8, 4) is 11.5 Å². The van der Waals surface area contributed by atoms with Crippen LogP contribution in [-0.4, -0.2) is 41.1 Å². The zero-order valence-corrected chi connectivity index (χ0v) is 19.1. The van der Waals surface area contributed by atoms with Crippen LogP contribution in [0.5, 0.6) is 11.5 Å². The van der Waals surface area contributed by atoms with E-state index in [1.165, 1.54) is 43.9 Å². The fraction of sp³-hybridized carbons (Fsp3) is 0.600. The van der Waals surface area contributed by atoms with Gasteiger partial charge in [0.1, 0.15) is 15.8 Å². The van der Waals surface area contributed by atoms with E-state index in [0.717, 1.165) is 34.7 Å². The molecular formula is C20H26BrNO3S2. The predicted molar refractivity (Wildman–Crippen MR) is 118 cm³/mol. The van der Waals surface area contributed by atoms with Crippen LogP contribution in [-0.2, 0) is 11.2 Å². The lowest BCUT2D eigenvalue weighted by atomic mass is 9.87. The van der Waals surface area contributed by atoms with E-state index in [1.54, 1.807) is 14.2 Å². The molecule has 1 amide bonds. The predicted octanol–water partition coefficient (Wildman–Crippen LogP) is 5.21. The molecule has 2 fully saturated rings. The van der Waals surface area contributed by atoms with Crippen LogP contribution >= 0.6 is 39.9 Å². The van der Waals surface area contributed by atoms with Crippen LogP contribution in [0.4, 0.5) is 0 Å². The van der Waals surface area contributed by atoms with Crippen molar-refractivity contribution in [2.24, 2.45) is 5.92 Å². The van der Waals surface area contributed by atoms with E-state index >= 15 is 0 Å². The van der Waals surface area contributed by atoms with Crippen LogP contribution in [0.1, 0.15) is 44.1 Å². The van der Waals surface area contributed by atoms with Crippen LogP contribution in [0.2, 0.25) is 0 Å². The molecule has 1 heterocycles. The first kappa shape index (κ1) is 20.9. The van der Waals surface area contributed by atoms with Crippen LogP contribution in [0.25, 0.3) is 0 Å². The summed E-state index contributed by atoms with van der Waals surface area (Å²) in [6.45, 7) is 0.759. The minimum atomic E-state index is -0.182. The molecule has 0 N–H and O–H groups in total. The molecule has 1 atom stereocenters. The van der Waals surface area contributed by atoms with Gasteiger partial charge in [-0.25, -0.2) is 0 Å². The van der Waals surface area contributed by atoms with E-state index in [1.807, 2.05) is 17.0 Å². The maximum absolute atomic E-state index is 12.9. The molecule has 1 aliphatic carbocycles. The Morgan fingerprint density at radius 3 is 2.56 bits per heavy atom. The molecule has 7 heteroatoms. The van der Waals surface area contributed by atoms with Gasteiger partial charge >= 0.3 is 0 Å². The number of ether oxygens (including phenoxy) is 2. The number of carbonyl (C=O) groups is 1. The molecule has 1 aromatic rings. The van der Waals surface area contributed by atoms with E-state index in [0.29, 0.717) is 16.5 Å². The number of thioether (sulfide) groups is 1. The molecule has 0 radical (unpaired) electrons. The number of amides is 1. The number of benzene rings is 1. The van der Waals surface area contributed by atoms with Crippen molar-refractivity contribution < 1.29 is 14.3 Å². The molecule has 0 spiro atoms. The van der Waals surface area contributed by atoms with Gasteiger partial charge in [-0.1, -0.05) is 56.1 Å². The van der Waals surface area contributed by atoms with Crippen molar-refractivity contribution >= 4 is 50.1 Å². The molecule has 3 rings (SSSR count). The first-order valence-electron chi connectivity index (χ1n) is 9.46. The Balaban J connectivity index is 1.65. The van der Waals surface area contributed by atoms with Crippen molar-refractivity contribution in [1.82, 2.24) is 4.90 Å². The molecular weight excluding hydrogens is 446 g/mol. The maximum atomic E-state index is 12.9. The Morgan fingerprint density at radius 1 is 1.19 bits per heavy atom. The summed E-state index contributed by atoms with van der Waals surface area (Å²) in [5.41, 5.74) is 0.980. The second kappa shape index (κ2) is 9.61. The van der Waals surface area contributed by atoms with Gasteiger partial charge in [0, 0.05) is 12.6 Å². The van der Waals surface area contributed by atoms with E-state index in [9.17, 15) is 4.79 Å². The van der Waals surface area contributed by atoms with Gasteiger partial charge in [0.25, 0.3) is 0 Å². The Kier molecular flexibility index (Phi) is 7.45. The zero-order chi connectivity index (χ0) is 19.4. The van der Waals surface area contributed by atoms with Crippen LogP contribution < -0.4 is 9.47 Å². The topological polar surface area (TPSA) is 38.8 Å². The molecule has 0 aromatic heterocycles. The normalized spacial score (nSPS) is 21.0. The standard InChI is InChI=1S/C20H26BrNO3S2/c1-24-16-12-17(25-2)15(21)10-14(16)11-18-19(23)22(20(26)27-18)9-8-13-6-4-3-5-7-13/h10,12-13,18H,3-9,11H2,1-2H3/t18-/m1/s1. The Bertz CT molecular complexity index is 707. The highest BCUT2D eigenvalue weighted by atomic mass is 79.9. The third-order valence-corrected chi connectivity index (χ3v) is 7.65. The molecule has 0 unspecified atom stereocenters. The summed E-state index contributed by atoms with van der Waals surface area (Å²) in [6, 6.07) is 3.82. The monoisotopic (exact) mass is 471 g/mol. The van der Waals surface area contributed by atoms with Gasteiger partial charge in [0.2, 0.25) is 5.91 Å².